The first-order valence-corrected chi connectivity index (χ1v) is 6.71. The summed E-state index contributed by atoms with van der Waals surface area (Å²) in [6, 6.07) is 14.7. The van der Waals surface area contributed by atoms with Gasteiger partial charge >= 0.3 is 0 Å². The summed E-state index contributed by atoms with van der Waals surface area (Å²) in [5, 5.41) is 2.43. The summed E-state index contributed by atoms with van der Waals surface area (Å²) in [7, 11) is 0. The van der Waals surface area contributed by atoms with Gasteiger partial charge in [-0.15, -0.1) is 0 Å². The van der Waals surface area contributed by atoms with Crippen LogP contribution in [0.25, 0.3) is 16.3 Å². The van der Waals surface area contributed by atoms with Gasteiger partial charge in [-0.25, -0.2) is 4.39 Å². The predicted octanol–water partition coefficient (Wildman–Crippen LogP) is 5.20. The van der Waals surface area contributed by atoms with E-state index in [2.05, 4.69) is 36.9 Å². The van der Waals surface area contributed by atoms with Crippen molar-refractivity contribution in [2.24, 2.45) is 5.92 Å². The number of hydrogen-bond donors (Lipinski definition) is 0. The summed E-state index contributed by atoms with van der Waals surface area (Å²) in [6.45, 7) is 4.23. The van der Waals surface area contributed by atoms with E-state index in [4.69, 9.17) is 0 Å². The highest BCUT2D eigenvalue weighted by Gasteiger charge is 2.31. The molecule has 96 valence electrons. The maximum absolute atomic E-state index is 13.2. The largest absolute Gasteiger partial charge is 0.207 e. The Labute approximate surface area is 117 Å². The van der Waals surface area contributed by atoms with Crippen molar-refractivity contribution in [3.8, 4) is 0 Å². The Morgan fingerprint density at radius 2 is 1.65 bits per heavy atom. The fourth-order valence-electron chi connectivity index (χ4n) is 3.02. The minimum Gasteiger partial charge on any atom is -0.207 e. The van der Waals surface area contributed by atoms with E-state index >= 15 is 0 Å². The van der Waals surface area contributed by atoms with Crippen molar-refractivity contribution in [1.29, 1.82) is 0 Å². The average molecular weight is 260 g/mol. The van der Waals surface area contributed by atoms with Crippen LogP contribution in [0.15, 0.2) is 84.2 Å². The molecule has 2 aliphatic carbocycles. The van der Waals surface area contributed by atoms with Gasteiger partial charge in [-0.1, -0.05) is 49.1 Å². The highest BCUT2D eigenvalue weighted by molar-refractivity contribution is 5.88. The van der Waals surface area contributed by atoms with E-state index in [1.807, 2.05) is 18.2 Å². The summed E-state index contributed by atoms with van der Waals surface area (Å²) >= 11 is 0. The van der Waals surface area contributed by atoms with E-state index in [1.165, 1.54) is 10.8 Å². The third kappa shape index (κ3) is 1.60. The lowest BCUT2D eigenvalue weighted by Crippen LogP contribution is -2.19. The van der Waals surface area contributed by atoms with Crippen molar-refractivity contribution in [3.05, 3.63) is 89.8 Å². The van der Waals surface area contributed by atoms with Crippen LogP contribution in [0, 0.1) is 5.92 Å². The normalized spacial score (nSPS) is 19.9. The monoisotopic (exact) mass is 260 g/mol. The molecule has 0 radical (unpaired) electrons. The Bertz CT molecular complexity index is 829. The molecule has 2 aromatic rings. The maximum Gasteiger partial charge on any atom is 0.123 e. The first-order chi connectivity index (χ1) is 9.72. The van der Waals surface area contributed by atoms with Gasteiger partial charge in [0, 0.05) is 5.92 Å². The van der Waals surface area contributed by atoms with Crippen LogP contribution in [-0.2, 0) is 0 Å². The lowest BCUT2D eigenvalue weighted by atomic mass is 9.70. The molecule has 0 spiro atoms. The van der Waals surface area contributed by atoms with Crippen LogP contribution in [0.1, 0.15) is 5.56 Å². The number of allylic oxidation sites excluding steroid dienone is 7. The zero-order valence-electron chi connectivity index (χ0n) is 10.9. The fourth-order valence-corrected chi connectivity index (χ4v) is 3.02. The lowest BCUT2D eigenvalue weighted by Gasteiger charge is -2.33. The number of halogens is 1. The zero-order chi connectivity index (χ0) is 13.7. The first kappa shape index (κ1) is 11.4. The Hall–Kier alpha value is -2.41. The molecule has 20 heavy (non-hydrogen) atoms. The minimum atomic E-state index is -0.153. The number of fused-ring (bicyclic) bond motifs is 3. The fraction of sp³-hybridized carbons (Fsp3) is 0.0526. The Balaban J connectivity index is 1.73. The van der Waals surface area contributed by atoms with Crippen molar-refractivity contribution in [2.45, 2.75) is 0 Å². The van der Waals surface area contributed by atoms with Crippen molar-refractivity contribution in [1.82, 2.24) is 0 Å². The van der Waals surface area contributed by atoms with Crippen molar-refractivity contribution in [3.63, 3.8) is 0 Å². The molecule has 2 aliphatic rings. The smallest absolute Gasteiger partial charge is 0.123 e. The van der Waals surface area contributed by atoms with E-state index in [9.17, 15) is 4.39 Å². The summed E-state index contributed by atoms with van der Waals surface area (Å²) in [5.41, 5.74) is 4.22. The molecule has 1 atom stereocenters. The molecular weight excluding hydrogens is 247 g/mol. The molecular formula is C19H13F. The third-order valence-corrected chi connectivity index (χ3v) is 4.08. The van der Waals surface area contributed by atoms with Gasteiger partial charge in [0.25, 0.3) is 0 Å². The number of benzene rings is 2. The summed E-state index contributed by atoms with van der Waals surface area (Å²) in [4.78, 5) is 0. The van der Waals surface area contributed by atoms with Gasteiger partial charge in [-0.3, -0.25) is 0 Å². The molecule has 0 N–H and O–H groups in total. The molecule has 0 heterocycles. The van der Waals surface area contributed by atoms with Crippen molar-refractivity contribution >= 4 is 16.3 Å². The molecule has 1 heteroatoms. The molecule has 2 aromatic carbocycles. The number of hydrogen-bond acceptors (Lipinski definition) is 0. The van der Waals surface area contributed by atoms with Gasteiger partial charge in [0.1, 0.15) is 5.83 Å². The predicted molar refractivity (Wildman–Crippen MR) is 81.8 cm³/mol. The Kier molecular flexibility index (Phi) is 2.31. The van der Waals surface area contributed by atoms with Gasteiger partial charge < -0.3 is 0 Å². The van der Waals surface area contributed by atoms with Crippen LogP contribution in [0.2, 0.25) is 0 Å². The molecule has 0 aromatic heterocycles. The van der Waals surface area contributed by atoms with Crippen LogP contribution in [-0.4, -0.2) is 0 Å². The Morgan fingerprint density at radius 3 is 2.40 bits per heavy atom. The molecule has 0 amide bonds. The summed E-state index contributed by atoms with van der Waals surface area (Å²) < 4.78 is 13.2. The topological polar surface area (TPSA) is 0 Å². The van der Waals surface area contributed by atoms with Gasteiger partial charge in [-0.05, 0) is 51.3 Å². The summed E-state index contributed by atoms with van der Waals surface area (Å²) in [6.07, 6.45) is 5.23. The molecule has 0 saturated carbocycles. The van der Waals surface area contributed by atoms with Crippen LogP contribution in [0.4, 0.5) is 4.39 Å². The average Bonchev–Trinajstić information content (AvgIpc) is 2.46. The van der Waals surface area contributed by atoms with Crippen LogP contribution < -0.4 is 0 Å². The van der Waals surface area contributed by atoms with Crippen molar-refractivity contribution in [2.75, 3.05) is 0 Å². The van der Waals surface area contributed by atoms with E-state index in [0.717, 1.165) is 22.3 Å². The minimum absolute atomic E-state index is 0.153. The Morgan fingerprint density at radius 1 is 0.900 bits per heavy atom. The first-order valence-electron chi connectivity index (χ1n) is 6.71. The van der Waals surface area contributed by atoms with E-state index in [-0.39, 0.29) is 11.7 Å². The van der Waals surface area contributed by atoms with Gasteiger partial charge in [-0.2, -0.15) is 0 Å². The van der Waals surface area contributed by atoms with E-state index in [1.54, 1.807) is 12.2 Å². The second-order valence-corrected chi connectivity index (χ2v) is 5.34. The van der Waals surface area contributed by atoms with Crippen LogP contribution >= 0.6 is 0 Å². The van der Waals surface area contributed by atoms with E-state index in [0.29, 0.717) is 0 Å². The lowest BCUT2D eigenvalue weighted by molar-refractivity contribution is 0.649. The second kappa shape index (κ2) is 4.04. The zero-order valence-corrected chi connectivity index (χ0v) is 10.9. The maximum atomic E-state index is 13.2. The SMILES string of the molecule is C=C(c1ccc2ccccc2c1)C1c2cc(F)cc1c2. The summed E-state index contributed by atoms with van der Waals surface area (Å²) in [5.74, 6) is 0.00993. The molecule has 0 fully saturated rings. The van der Waals surface area contributed by atoms with Gasteiger partial charge in [0.2, 0.25) is 0 Å². The van der Waals surface area contributed by atoms with Crippen LogP contribution in [0.5, 0.6) is 0 Å². The van der Waals surface area contributed by atoms with Crippen molar-refractivity contribution < 1.29 is 4.39 Å². The molecule has 0 aliphatic heterocycles. The molecule has 2 bridgehead atoms. The molecule has 4 rings (SSSR count). The molecule has 1 unspecified atom stereocenters. The van der Waals surface area contributed by atoms with Crippen LogP contribution in [0.3, 0.4) is 0 Å². The van der Waals surface area contributed by atoms with E-state index < -0.39 is 0 Å². The van der Waals surface area contributed by atoms with Gasteiger partial charge in [0.05, 0.1) is 0 Å². The molecule has 0 saturated heterocycles. The highest BCUT2D eigenvalue weighted by atomic mass is 19.1. The quantitative estimate of drug-likeness (QED) is 0.696. The second-order valence-electron chi connectivity index (χ2n) is 5.34. The molecule has 0 nitrogen and oxygen atoms in total. The third-order valence-electron chi connectivity index (χ3n) is 4.08. The highest BCUT2D eigenvalue weighted by Crippen LogP contribution is 2.46. The number of rotatable bonds is 2. The van der Waals surface area contributed by atoms with Gasteiger partial charge in [0.15, 0.2) is 0 Å². The standard InChI is InChI=1S/C19H13F/c1-12(19-16-9-17(19)11-18(20)10-16)14-7-6-13-4-2-3-5-15(13)8-14/h2-11,19H,1H2.